The van der Waals surface area contributed by atoms with Crippen molar-refractivity contribution < 1.29 is 4.79 Å². The van der Waals surface area contributed by atoms with Crippen LogP contribution in [0.1, 0.15) is 44.9 Å². The van der Waals surface area contributed by atoms with Crippen LogP contribution in [0.25, 0.3) is 0 Å². The molecule has 100 valence electrons. The maximum absolute atomic E-state index is 12.1. The Balaban J connectivity index is 2.10. The summed E-state index contributed by atoms with van der Waals surface area (Å²) in [5, 5.41) is 4.94. The van der Waals surface area contributed by atoms with Crippen molar-refractivity contribution in [1.29, 1.82) is 0 Å². The Hall–Kier alpha value is -1.61. The van der Waals surface area contributed by atoms with Crippen molar-refractivity contribution in [2.24, 2.45) is 0 Å². The average molecular weight is 273 g/mol. The van der Waals surface area contributed by atoms with Crippen LogP contribution in [0.2, 0.25) is 0 Å². The van der Waals surface area contributed by atoms with Gasteiger partial charge in [0.1, 0.15) is 0 Å². The summed E-state index contributed by atoms with van der Waals surface area (Å²) in [6, 6.07) is 8.26. The number of rotatable bonds is 3. The standard InChI is InChI=1S/C16H19NOS/c1-10-5-6-14(7-11(10)2)13(4)17-16(18)15-8-12(3)19-9-15/h5-9,13H,1-4H3,(H,17,18). The lowest BCUT2D eigenvalue weighted by Gasteiger charge is -2.15. The van der Waals surface area contributed by atoms with E-state index in [1.54, 1.807) is 11.3 Å². The largest absolute Gasteiger partial charge is 0.345 e. The van der Waals surface area contributed by atoms with Gasteiger partial charge in [0.25, 0.3) is 5.91 Å². The molecule has 1 aromatic heterocycles. The van der Waals surface area contributed by atoms with E-state index >= 15 is 0 Å². The molecule has 0 aliphatic heterocycles. The maximum Gasteiger partial charge on any atom is 0.252 e. The van der Waals surface area contributed by atoms with Crippen LogP contribution in [0.5, 0.6) is 0 Å². The molecule has 0 bridgehead atoms. The second kappa shape index (κ2) is 5.57. The number of carbonyl (C=O) groups excluding carboxylic acids is 1. The van der Waals surface area contributed by atoms with Gasteiger partial charge in [-0.2, -0.15) is 0 Å². The Morgan fingerprint density at radius 3 is 2.47 bits per heavy atom. The van der Waals surface area contributed by atoms with Crippen molar-refractivity contribution in [3.63, 3.8) is 0 Å². The molecule has 0 saturated carbocycles. The fourth-order valence-corrected chi connectivity index (χ4v) is 2.64. The number of benzene rings is 1. The van der Waals surface area contributed by atoms with Crippen LogP contribution in [0, 0.1) is 20.8 Å². The van der Waals surface area contributed by atoms with Gasteiger partial charge in [-0.15, -0.1) is 11.3 Å². The highest BCUT2D eigenvalue weighted by molar-refractivity contribution is 7.10. The van der Waals surface area contributed by atoms with Gasteiger partial charge in [0, 0.05) is 10.3 Å². The van der Waals surface area contributed by atoms with E-state index in [9.17, 15) is 4.79 Å². The van der Waals surface area contributed by atoms with Crippen molar-refractivity contribution in [2.75, 3.05) is 0 Å². The Bertz CT molecular complexity index is 601. The molecule has 0 radical (unpaired) electrons. The first-order valence-electron chi connectivity index (χ1n) is 6.40. The first kappa shape index (κ1) is 13.8. The monoisotopic (exact) mass is 273 g/mol. The van der Waals surface area contributed by atoms with Crippen LogP contribution in [0.15, 0.2) is 29.6 Å². The van der Waals surface area contributed by atoms with E-state index in [0.29, 0.717) is 0 Å². The number of aryl methyl sites for hydroxylation is 3. The van der Waals surface area contributed by atoms with Crippen molar-refractivity contribution >= 4 is 17.2 Å². The van der Waals surface area contributed by atoms with Gasteiger partial charge in [-0.05, 0) is 50.5 Å². The zero-order valence-corrected chi connectivity index (χ0v) is 12.6. The number of thiophene rings is 1. The normalized spacial score (nSPS) is 12.2. The Morgan fingerprint density at radius 2 is 1.89 bits per heavy atom. The zero-order valence-electron chi connectivity index (χ0n) is 11.8. The van der Waals surface area contributed by atoms with Gasteiger partial charge < -0.3 is 5.32 Å². The third-order valence-corrected chi connectivity index (χ3v) is 4.23. The number of hydrogen-bond donors (Lipinski definition) is 1. The van der Waals surface area contributed by atoms with Gasteiger partial charge in [-0.3, -0.25) is 4.79 Å². The minimum absolute atomic E-state index is 0.00456. The Kier molecular flexibility index (Phi) is 4.05. The van der Waals surface area contributed by atoms with E-state index in [0.717, 1.165) is 16.0 Å². The van der Waals surface area contributed by atoms with Crippen molar-refractivity contribution in [3.8, 4) is 0 Å². The fraction of sp³-hybridized carbons (Fsp3) is 0.312. The minimum atomic E-state index is -0.00456. The molecule has 1 amide bonds. The van der Waals surface area contributed by atoms with Gasteiger partial charge in [-0.1, -0.05) is 18.2 Å². The van der Waals surface area contributed by atoms with E-state index < -0.39 is 0 Å². The molecule has 19 heavy (non-hydrogen) atoms. The topological polar surface area (TPSA) is 29.1 Å². The number of nitrogens with one attached hydrogen (secondary N) is 1. The third-order valence-electron chi connectivity index (χ3n) is 3.37. The molecule has 0 saturated heterocycles. The highest BCUT2D eigenvalue weighted by Crippen LogP contribution is 2.18. The van der Waals surface area contributed by atoms with Crippen molar-refractivity contribution in [1.82, 2.24) is 5.32 Å². The van der Waals surface area contributed by atoms with Crippen LogP contribution >= 0.6 is 11.3 Å². The van der Waals surface area contributed by atoms with Gasteiger partial charge in [-0.25, -0.2) is 0 Å². The Morgan fingerprint density at radius 1 is 1.16 bits per heavy atom. The van der Waals surface area contributed by atoms with Crippen LogP contribution in [0.3, 0.4) is 0 Å². The quantitative estimate of drug-likeness (QED) is 0.893. The number of amides is 1. The summed E-state index contributed by atoms with van der Waals surface area (Å²) in [5.41, 5.74) is 4.42. The van der Waals surface area contributed by atoms with E-state index in [-0.39, 0.29) is 11.9 Å². The molecule has 2 rings (SSSR count). The second-order valence-electron chi connectivity index (χ2n) is 4.98. The maximum atomic E-state index is 12.1. The zero-order chi connectivity index (χ0) is 14.0. The summed E-state index contributed by atoms with van der Waals surface area (Å²) in [6.07, 6.45) is 0. The first-order valence-corrected chi connectivity index (χ1v) is 7.28. The van der Waals surface area contributed by atoms with Crippen molar-refractivity contribution in [3.05, 3.63) is 56.8 Å². The van der Waals surface area contributed by atoms with E-state index in [2.05, 4.69) is 37.4 Å². The molecule has 3 heteroatoms. The summed E-state index contributed by atoms with van der Waals surface area (Å²) in [7, 11) is 0. The third kappa shape index (κ3) is 3.24. The summed E-state index contributed by atoms with van der Waals surface area (Å²) in [4.78, 5) is 13.2. The summed E-state index contributed by atoms with van der Waals surface area (Å²) in [5.74, 6) is -0.00456. The van der Waals surface area contributed by atoms with Gasteiger partial charge >= 0.3 is 0 Å². The summed E-state index contributed by atoms with van der Waals surface area (Å²) < 4.78 is 0. The SMILES string of the molecule is Cc1cc(C(=O)NC(C)c2ccc(C)c(C)c2)cs1. The highest BCUT2D eigenvalue weighted by atomic mass is 32.1. The predicted octanol–water partition coefficient (Wildman–Crippen LogP) is 4.16. The van der Waals surface area contributed by atoms with Crippen LogP contribution in [0.4, 0.5) is 0 Å². The smallest absolute Gasteiger partial charge is 0.252 e. The molecule has 2 nitrogen and oxygen atoms in total. The molecule has 1 atom stereocenters. The molecule has 1 heterocycles. The van der Waals surface area contributed by atoms with E-state index in [1.807, 2.05) is 25.3 Å². The minimum Gasteiger partial charge on any atom is -0.345 e. The summed E-state index contributed by atoms with van der Waals surface area (Å²) in [6.45, 7) is 8.21. The fourth-order valence-electron chi connectivity index (χ4n) is 1.96. The molecule has 0 aliphatic carbocycles. The molecule has 0 fully saturated rings. The van der Waals surface area contributed by atoms with Crippen LogP contribution in [-0.4, -0.2) is 5.91 Å². The molecule has 0 aliphatic rings. The predicted molar refractivity (Wildman–Crippen MR) is 80.9 cm³/mol. The number of carbonyl (C=O) groups is 1. The van der Waals surface area contributed by atoms with Gasteiger partial charge in [0.2, 0.25) is 0 Å². The molecule has 1 unspecified atom stereocenters. The molecule has 0 spiro atoms. The lowest BCUT2D eigenvalue weighted by atomic mass is 10.0. The van der Waals surface area contributed by atoms with Crippen molar-refractivity contribution in [2.45, 2.75) is 33.7 Å². The first-order chi connectivity index (χ1) is 8.97. The molecule has 1 N–H and O–H groups in total. The lowest BCUT2D eigenvalue weighted by Crippen LogP contribution is -2.26. The van der Waals surface area contributed by atoms with E-state index in [4.69, 9.17) is 0 Å². The lowest BCUT2D eigenvalue weighted by molar-refractivity contribution is 0.0940. The highest BCUT2D eigenvalue weighted by Gasteiger charge is 2.12. The molecular formula is C16H19NOS. The molecule has 1 aromatic carbocycles. The average Bonchev–Trinajstić information content (AvgIpc) is 2.79. The second-order valence-corrected chi connectivity index (χ2v) is 6.10. The summed E-state index contributed by atoms with van der Waals surface area (Å²) >= 11 is 1.60. The van der Waals surface area contributed by atoms with Crippen LogP contribution in [-0.2, 0) is 0 Å². The van der Waals surface area contributed by atoms with Crippen LogP contribution < -0.4 is 5.32 Å². The van der Waals surface area contributed by atoms with E-state index in [1.165, 1.54) is 11.1 Å². The molecular weight excluding hydrogens is 254 g/mol. The molecule has 2 aromatic rings. The van der Waals surface area contributed by atoms with Gasteiger partial charge in [0.15, 0.2) is 0 Å². The Labute approximate surface area is 118 Å². The number of hydrogen-bond acceptors (Lipinski definition) is 2. The van der Waals surface area contributed by atoms with Gasteiger partial charge in [0.05, 0.1) is 11.6 Å².